The maximum Gasteiger partial charge on any atom is 0.257 e. The number of ether oxygens (including phenoxy) is 1. The van der Waals surface area contributed by atoms with E-state index in [0.717, 1.165) is 22.1 Å². The predicted molar refractivity (Wildman–Crippen MR) is 137 cm³/mol. The van der Waals surface area contributed by atoms with Gasteiger partial charge in [-0.2, -0.15) is 0 Å². The second kappa shape index (κ2) is 8.44. The molecule has 0 saturated carbocycles. The lowest BCUT2D eigenvalue weighted by Gasteiger charge is -2.36. The summed E-state index contributed by atoms with van der Waals surface area (Å²) in [7, 11) is 0. The molecule has 0 radical (unpaired) electrons. The van der Waals surface area contributed by atoms with Crippen molar-refractivity contribution in [3.8, 4) is 11.4 Å². The van der Waals surface area contributed by atoms with E-state index in [1.54, 1.807) is 16.4 Å². The molecule has 6 rings (SSSR count). The van der Waals surface area contributed by atoms with Crippen LogP contribution in [0.2, 0.25) is 0 Å². The minimum Gasteiger partial charge on any atom is -0.383 e. The smallest absolute Gasteiger partial charge is 0.257 e. The highest BCUT2D eigenvalue weighted by atomic mass is 19.1. The normalized spacial score (nSPS) is 21.5. The number of benzene rings is 1. The van der Waals surface area contributed by atoms with Gasteiger partial charge < -0.3 is 25.0 Å². The molecule has 3 aliphatic rings. The van der Waals surface area contributed by atoms with Crippen LogP contribution in [0.3, 0.4) is 0 Å². The number of nitrogens with two attached hydrogens (primary N) is 1. The molecule has 9 heteroatoms. The fourth-order valence-corrected chi connectivity index (χ4v) is 6.57. The number of nitrogens with zero attached hydrogens (tertiary/aromatic N) is 3. The van der Waals surface area contributed by atoms with Gasteiger partial charge in [-0.1, -0.05) is 6.92 Å². The van der Waals surface area contributed by atoms with E-state index in [1.807, 2.05) is 19.9 Å². The average molecular weight is 507 g/mol. The zero-order valence-corrected chi connectivity index (χ0v) is 21.4. The third-order valence-electron chi connectivity index (χ3n) is 8.59. The Labute approximate surface area is 213 Å². The number of carbonyl (C=O) groups excluding carboxylic acids is 1. The number of amides is 1. The first-order chi connectivity index (χ1) is 17.7. The van der Waals surface area contributed by atoms with E-state index in [0.29, 0.717) is 65.9 Å². The van der Waals surface area contributed by atoms with E-state index in [4.69, 9.17) is 15.5 Å². The van der Waals surface area contributed by atoms with Gasteiger partial charge in [-0.3, -0.25) is 9.59 Å². The maximum atomic E-state index is 15.0. The molecular formula is C28H31FN4O4. The zero-order valence-electron chi connectivity index (χ0n) is 21.4. The van der Waals surface area contributed by atoms with Crippen LogP contribution >= 0.6 is 0 Å². The minimum atomic E-state index is -1.26. The SMILES string of the molecule is CCN(C(=O)CN)[C@H]1CCc2c(C)c(F)cc3nc4c(c1c23)Cn1c-4cc2c(c1=O)COC[C@]2(O)CC. The third kappa shape index (κ3) is 3.27. The third-order valence-corrected chi connectivity index (χ3v) is 8.59. The molecule has 2 aliphatic heterocycles. The van der Waals surface area contributed by atoms with Gasteiger partial charge in [0.2, 0.25) is 5.91 Å². The molecule has 1 aromatic carbocycles. The van der Waals surface area contributed by atoms with Gasteiger partial charge in [-0.15, -0.1) is 0 Å². The summed E-state index contributed by atoms with van der Waals surface area (Å²) in [5.74, 6) is -0.468. The highest BCUT2D eigenvalue weighted by Crippen LogP contribution is 2.47. The lowest BCUT2D eigenvalue weighted by atomic mass is 9.81. The molecule has 0 fully saturated rings. The Bertz CT molecular complexity index is 1550. The molecule has 1 aliphatic carbocycles. The van der Waals surface area contributed by atoms with Gasteiger partial charge in [0.15, 0.2) is 0 Å². The van der Waals surface area contributed by atoms with E-state index < -0.39 is 5.60 Å². The maximum absolute atomic E-state index is 15.0. The van der Waals surface area contributed by atoms with Crippen molar-refractivity contribution in [1.29, 1.82) is 0 Å². The number of carbonyl (C=O) groups is 1. The van der Waals surface area contributed by atoms with Crippen molar-refractivity contribution in [2.24, 2.45) is 5.73 Å². The Morgan fingerprint density at radius 3 is 2.81 bits per heavy atom. The number of aryl methyl sites for hydroxylation is 1. The van der Waals surface area contributed by atoms with Crippen LogP contribution in [0.1, 0.15) is 66.1 Å². The van der Waals surface area contributed by atoms with Crippen LogP contribution in [0, 0.1) is 12.7 Å². The number of hydrogen-bond donors (Lipinski definition) is 2. The number of halogens is 1. The summed E-state index contributed by atoms with van der Waals surface area (Å²) in [6, 6.07) is 3.05. The highest BCUT2D eigenvalue weighted by Gasteiger charge is 2.40. The van der Waals surface area contributed by atoms with Crippen LogP contribution in [-0.4, -0.2) is 45.2 Å². The van der Waals surface area contributed by atoms with Crippen molar-refractivity contribution in [3.63, 3.8) is 0 Å². The van der Waals surface area contributed by atoms with Crippen LogP contribution in [0.4, 0.5) is 4.39 Å². The summed E-state index contributed by atoms with van der Waals surface area (Å²) >= 11 is 0. The van der Waals surface area contributed by atoms with Gasteiger partial charge >= 0.3 is 0 Å². The Hall–Kier alpha value is -3.14. The quantitative estimate of drug-likeness (QED) is 0.441. The van der Waals surface area contributed by atoms with E-state index in [1.165, 1.54) is 6.07 Å². The Balaban J connectivity index is 1.67. The van der Waals surface area contributed by atoms with Gasteiger partial charge in [0, 0.05) is 29.1 Å². The molecule has 3 aromatic rings. The van der Waals surface area contributed by atoms with Crippen molar-refractivity contribution in [2.45, 2.75) is 64.8 Å². The molecular weight excluding hydrogens is 475 g/mol. The number of fused-ring (bicyclic) bond motifs is 5. The van der Waals surface area contributed by atoms with Crippen molar-refractivity contribution < 1.29 is 19.0 Å². The molecule has 1 amide bonds. The first kappa shape index (κ1) is 24.2. The first-order valence-electron chi connectivity index (χ1n) is 13.0. The van der Waals surface area contributed by atoms with Crippen molar-refractivity contribution in [1.82, 2.24) is 14.5 Å². The van der Waals surface area contributed by atoms with Crippen LogP contribution in [0.15, 0.2) is 16.9 Å². The molecule has 2 atom stereocenters. The van der Waals surface area contributed by atoms with Crippen LogP contribution < -0.4 is 11.3 Å². The molecule has 37 heavy (non-hydrogen) atoms. The largest absolute Gasteiger partial charge is 0.383 e. The molecule has 4 heterocycles. The van der Waals surface area contributed by atoms with Gasteiger partial charge in [-0.05, 0) is 61.4 Å². The standard InChI is InChI=1S/C28H31FN4O4/c1-4-28(36)13-37-12-17-18(28)8-22-26-16(11-33(22)27(17)35)25-21(32(5-2)23(34)10-30)7-6-15-14(3)19(29)9-20(31-26)24(15)25/h8-9,21,36H,4-7,10-13,30H2,1-3H3/t21-,28+/m0/s1. The minimum absolute atomic E-state index is 0.0991. The van der Waals surface area contributed by atoms with Gasteiger partial charge in [0.25, 0.3) is 5.56 Å². The topological polar surface area (TPSA) is 111 Å². The number of aliphatic hydroxyl groups is 1. The zero-order chi connectivity index (χ0) is 26.2. The molecule has 0 spiro atoms. The number of aromatic nitrogens is 2. The number of likely N-dealkylation sites (N-methyl/N-ethyl adjacent to an activating group) is 1. The summed E-state index contributed by atoms with van der Waals surface area (Å²) in [6.07, 6.45) is 1.65. The van der Waals surface area contributed by atoms with Crippen molar-refractivity contribution in [3.05, 3.63) is 61.7 Å². The molecule has 3 N–H and O–H groups in total. The lowest BCUT2D eigenvalue weighted by molar-refractivity contribution is -0.132. The summed E-state index contributed by atoms with van der Waals surface area (Å²) in [6.45, 7) is 6.50. The number of pyridine rings is 2. The summed E-state index contributed by atoms with van der Waals surface area (Å²) < 4.78 is 22.3. The number of hydrogen-bond acceptors (Lipinski definition) is 6. The molecule has 8 nitrogen and oxygen atoms in total. The number of rotatable bonds is 4. The van der Waals surface area contributed by atoms with Crippen LogP contribution in [0.5, 0.6) is 0 Å². The monoisotopic (exact) mass is 506 g/mol. The fraction of sp³-hybridized carbons (Fsp3) is 0.464. The van der Waals surface area contributed by atoms with Crippen LogP contribution in [0.25, 0.3) is 22.3 Å². The second-order valence-electron chi connectivity index (χ2n) is 10.3. The predicted octanol–water partition coefficient (Wildman–Crippen LogP) is 2.80. The fourth-order valence-electron chi connectivity index (χ4n) is 6.57. The molecule has 0 saturated heterocycles. The van der Waals surface area contributed by atoms with Gasteiger partial charge in [-0.25, -0.2) is 9.37 Å². The average Bonchev–Trinajstić information content (AvgIpc) is 3.27. The summed E-state index contributed by atoms with van der Waals surface area (Å²) in [4.78, 5) is 33.3. The molecule has 2 aromatic heterocycles. The Kier molecular flexibility index (Phi) is 5.52. The van der Waals surface area contributed by atoms with Gasteiger partial charge in [0.1, 0.15) is 11.4 Å². The second-order valence-corrected chi connectivity index (χ2v) is 10.3. The van der Waals surface area contributed by atoms with Crippen molar-refractivity contribution >= 4 is 16.8 Å². The molecule has 0 bridgehead atoms. The molecule has 0 unspecified atom stereocenters. The van der Waals surface area contributed by atoms with E-state index in [9.17, 15) is 14.7 Å². The Morgan fingerprint density at radius 1 is 1.32 bits per heavy atom. The van der Waals surface area contributed by atoms with Crippen LogP contribution in [-0.2, 0) is 34.7 Å². The highest BCUT2D eigenvalue weighted by molar-refractivity contribution is 5.93. The Morgan fingerprint density at radius 2 is 2.11 bits per heavy atom. The first-order valence-corrected chi connectivity index (χ1v) is 13.0. The summed E-state index contributed by atoms with van der Waals surface area (Å²) in [5.41, 5.74) is 10.3. The van der Waals surface area contributed by atoms with E-state index in [2.05, 4.69) is 0 Å². The van der Waals surface area contributed by atoms with Gasteiger partial charge in [0.05, 0.1) is 49.2 Å². The summed E-state index contributed by atoms with van der Waals surface area (Å²) in [5, 5.41) is 12.1. The van der Waals surface area contributed by atoms with Crippen molar-refractivity contribution in [2.75, 3.05) is 19.7 Å². The van der Waals surface area contributed by atoms with E-state index >= 15 is 4.39 Å². The lowest BCUT2D eigenvalue weighted by Crippen LogP contribution is -2.40. The molecule has 194 valence electrons. The van der Waals surface area contributed by atoms with E-state index in [-0.39, 0.29) is 43.1 Å².